The topological polar surface area (TPSA) is 29.5 Å². The zero-order chi connectivity index (χ0) is 14.5. The molecule has 0 aromatic heterocycles. The molecule has 2 nitrogen and oxygen atoms in total. The van der Waals surface area contributed by atoms with Crippen LogP contribution in [0, 0.1) is 5.92 Å². The minimum Gasteiger partial charge on any atom is -0.491 e. The lowest BCUT2D eigenvalue weighted by Crippen LogP contribution is -2.20. The van der Waals surface area contributed by atoms with Gasteiger partial charge in [0, 0.05) is 4.47 Å². The SMILES string of the molecule is CC(C)c1cc(Br)ccc1OCC(O)CC1CCCC1. The maximum absolute atomic E-state index is 10.1. The summed E-state index contributed by atoms with van der Waals surface area (Å²) >= 11 is 3.50. The van der Waals surface area contributed by atoms with E-state index in [0.29, 0.717) is 18.4 Å². The molecular weight excluding hydrogens is 316 g/mol. The average molecular weight is 341 g/mol. The van der Waals surface area contributed by atoms with Crippen LogP contribution in [-0.2, 0) is 0 Å². The highest BCUT2D eigenvalue weighted by Gasteiger charge is 2.19. The Bertz CT molecular complexity index is 425. The number of halogens is 1. The first kappa shape index (κ1) is 15.8. The van der Waals surface area contributed by atoms with E-state index in [4.69, 9.17) is 4.74 Å². The van der Waals surface area contributed by atoms with Gasteiger partial charge in [0.05, 0.1) is 6.10 Å². The summed E-state index contributed by atoms with van der Waals surface area (Å²) in [6, 6.07) is 6.08. The molecule has 1 N–H and O–H groups in total. The second-order valence-corrected chi connectivity index (χ2v) is 7.10. The molecule has 1 aliphatic carbocycles. The molecule has 1 fully saturated rings. The molecular formula is C17H25BrO2. The van der Waals surface area contributed by atoms with Crippen molar-refractivity contribution in [1.29, 1.82) is 0 Å². The predicted octanol–water partition coefficient (Wildman–Crippen LogP) is 4.89. The van der Waals surface area contributed by atoms with Crippen LogP contribution in [0.5, 0.6) is 5.75 Å². The Labute approximate surface area is 130 Å². The number of ether oxygens (including phenoxy) is 1. The highest BCUT2D eigenvalue weighted by molar-refractivity contribution is 9.10. The molecule has 112 valence electrons. The fourth-order valence-corrected chi connectivity index (χ4v) is 3.37. The van der Waals surface area contributed by atoms with Crippen molar-refractivity contribution in [3.63, 3.8) is 0 Å². The molecule has 3 heteroatoms. The number of rotatable bonds is 6. The zero-order valence-electron chi connectivity index (χ0n) is 12.4. The third-order valence-corrected chi connectivity index (χ3v) is 4.60. The summed E-state index contributed by atoms with van der Waals surface area (Å²) in [6.07, 6.45) is 5.72. The Morgan fingerprint density at radius 2 is 2.00 bits per heavy atom. The van der Waals surface area contributed by atoms with E-state index >= 15 is 0 Å². The van der Waals surface area contributed by atoms with Crippen LogP contribution in [0.25, 0.3) is 0 Å². The van der Waals surface area contributed by atoms with Crippen LogP contribution in [0.1, 0.15) is 57.4 Å². The molecule has 1 aromatic carbocycles. The fourth-order valence-electron chi connectivity index (χ4n) is 2.99. The van der Waals surface area contributed by atoms with Crippen molar-refractivity contribution in [2.75, 3.05) is 6.61 Å². The van der Waals surface area contributed by atoms with Gasteiger partial charge in [-0.15, -0.1) is 0 Å². The van der Waals surface area contributed by atoms with Crippen LogP contribution in [0.3, 0.4) is 0 Å². The van der Waals surface area contributed by atoms with Crippen LogP contribution >= 0.6 is 15.9 Å². The van der Waals surface area contributed by atoms with Crippen molar-refractivity contribution in [1.82, 2.24) is 0 Å². The van der Waals surface area contributed by atoms with Gasteiger partial charge in [-0.05, 0) is 42.0 Å². The smallest absolute Gasteiger partial charge is 0.122 e. The van der Waals surface area contributed by atoms with Crippen molar-refractivity contribution in [2.45, 2.75) is 58.0 Å². The number of hydrogen-bond acceptors (Lipinski definition) is 2. The molecule has 0 spiro atoms. The lowest BCUT2D eigenvalue weighted by Gasteiger charge is -2.19. The van der Waals surface area contributed by atoms with Gasteiger partial charge in [0.2, 0.25) is 0 Å². The van der Waals surface area contributed by atoms with Crippen LogP contribution in [-0.4, -0.2) is 17.8 Å². The molecule has 2 rings (SSSR count). The van der Waals surface area contributed by atoms with E-state index in [9.17, 15) is 5.11 Å². The van der Waals surface area contributed by atoms with Gasteiger partial charge in [0.25, 0.3) is 0 Å². The van der Waals surface area contributed by atoms with Crippen molar-refractivity contribution in [2.24, 2.45) is 5.92 Å². The standard InChI is InChI=1S/C17H25BrO2/c1-12(2)16-10-14(18)7-8-17(16)20-11-15(19)9-13-5-3-4-6-13/h7-8,10,12-13,15,19H,3-6,9,11H2,1-2H3. The van der Waals surface area contributed by atoms with Gasteiger partial charge < -0.3 is 9.84 Å². The van der Waals surface area contributed by atoms with Crippen molar-refractivity contribution in [3.8, 4) is 5.75 Å². The Morgan fingerprint density at radius 1 is 1.30 bits per heavy atom. The van der Waals surface area contributed by atoms with Crippen molar-refractivity contribution < 1.29 is 9.84 Å². The summed E-state index contributed by atoms with van der Waals surface area (Å²) < 4.78 is 6.92. The van der Waals surface area contributed by atoms with Gasteiger partial charge >= 0.3 is 0 Å². The maximum atomic E-state index is 10.1. The lowest BCUT2D eigenvalue weighted by molar-refractivity contribution is 0.0850. The van der Waals surface area contributed by atoms with E-state index in [1.807, 2.05) is 12.1 Å². The van der Waals surface area contributed by atoms with Gasteiger partial charge in [-0.2, -0.15) is 0 Å². The van der Waals surface area contributed by atoms with E-state index in [2.05, 4.69) is 35.8 Å². The molecule has 20 heavy (non-hydrogen) atoms. The Morgan fingerprint density at radius 3 is 2.65 bits per heavy atom. The zero-order valence-corrected chi connectivity index (χ0v) is 14.0. The van der Waals surface area contributed by atoms with Crippen molar-refractivity contribution >= 4 is 15.9 Å². The van der Waals surface area contributed by atoms with E-state index in [0.717, 1.165) is 16.6 Å². The molecule has 1 saturated carbocycles. The van der Waals surface area contributed by atoms with Gasteiger partial charge in [-0.25, -0.2) is 0 Å². The Hall–Kier alpha value is -0.540. The predicted molar refractivity (Wildman–Crippen MR) is 86.3 cm³/mol. The summed E-state index contributed by atoms with van der Waals surface area (Å²) in [5.41, 5.74) is 1.19. The molecule has 0 aliphatic heterocycles. The molecule has 0 saturated heterocycles. The summed E-state index contributed by atoms with van der Waals surface area (Å²) in [7, 11) is 0. The third kappa shape index (κ3) is 4.49. The first-order valence-corrected chi connectivity index (χ1v) is 8.46. The molecule has 0 radical (unpaired) electrons. The molecule has 0 bridgehead atoms. The first-order chi connectivity index (χ1) is 9.56. The Balaban J connectivity index is 1.89. The maximum Gasteiger partial charge on any atom is 0.122 e. The molecule has 1 atom stereocenters. The van der Waals surface area contributed by atoms with Crippen molar-refractivity contribution in [3.05, 3.63) is 28.2 Å². The quantitative estimate of drug-likeness (QED) is 0.798. The molecule has 1 aromatic rings. The van der Waals surface area contributed by atoms with E-state index in [-0.39, 0.29) is 6.10 Å². The monoisotopic (exact) mass is 340 g/mol. The average Bonchev–Trinajstić information content (AvgIpc) is 2.90. The summed E-state index contributed by atoms with van der Waals surface area (Å²) in [4.78, 5) is 0. The second kappa shape index (κ2) is 7.46. The first-order valence-electron chi connectivity index (χ1n) is 7.66. The van der Waals surface area contributed by atoms with Crippen LogP contribution in [0.4, 0.5) is 0 Å². The minimum atomic E-state index is -0.346. The minimum absolute atomic E-state index is 0.346. The summed E-state index contributed by atoms with van der Waals surface area (Å²) in [6.45, 7) is 4.71. The normalized spacial score (nSPS) is 17.6. The Kier molecular flexibility index (Phi) is 5.91. The van der Waals surface area contributed by atoms with Crippen LogP contribution < -0.4 is 4.74 Å². The van der Waals surface area contributed by atoms with E-state index in [1.54, 1.807) is 0 Å². The highest BCUT2D eigenvalue weighted by Crippen LogP contribution is 2.31. The molecule has 1 unspecified atom stereocenters. The molecule has 0 heterocycles. The molecule has 1 aliphatic rings. The van der Waals surface area contributed by atoms with Crippen LogP contribution in [0.15, 0.2) is 22.7 Å². The fraction of sp³-hybridized carbons (Fsp3) is 0.647. The van der Waals surface area contributed by atoms with E-state index < -0.39 is 0 Å². The largest absolute Gasteiger partial charge is 0.491 e. The number of aliphatic hydroxyl groups is 1. The lowest BCUT2D eigenvalue weighted by atomic mass is 10.0. The van der Waals surface area contributed by atoms with Gasteiger partial charge in [0.1, 0.15) is 12.4 Å². The van der Waals surface area contributed by atoms with Gasteiger partial charge in [-0.3, -0.25) is 0 Å². The summed E-state index contributed by atoms with van der Waals surface area (Å²) in [5.74, 6) is 2.01. The number of benzene rings is 1. The van der Waals surface area contributed by atoms with Crippen LogP contribution in [0.2, 0.25) is 0 Å². The van der Waals surface area contributed by atoms with Gasteiger partial charge in [0.15, 0.2) is 0 Å². The number of aliphatic hydroxyl groups excluding tert-OH is 1. The molecule has 0 amide bonds. The summed E-state index contributed by atoms with van der Waals surface area (Å²) in [5, 5.41) is 10.1. The highest BCUT2D eigenvalue weighted by atomic mass is 79.9. The third-order valence-electron chi connectivity index (χ3n) is 4.11. The second-order valence-electron chi connectivity index (χ2n) is 6.19. The van der Waals surface area contributed by atoms with E-state index in [1.165, 1.54) is 31.2 Å². The number of hydrogen-bond donors (Lipinski definition) is 1. The van der Waals surface area contributed by atoms with Gasteiger partial charge in [-0.1, -0.05) is 55.5 Å².